The zero-order chi connectivity index (χ0) is 11.8. The molecule has 0 radical (unpaired) electrons. The van der Waals surface area contributed by atoms with Gasteiger partial charge in [0.2, 0.25) is 5.79 Å². The SMILES string of the molecule is Cc1ccc(C)c(C2(CCl)OCC(C)O2)c1. The van der Waals surface area contributed by atoms with Gasteiger partial charge in [0.15, 0.2) is 0 Å². The summed E-state index contributed by atoms with van der Waals surface area (Å²) in [7, 11) is 0. The summed E-state index contributed by atoms with van der Waals surface area (Å²) in [5, 5.41) is 0. The fourth-order valence-corrected chi connectivity index (χ4v) is 2.36. The van der Waals surface area contributed by atoms with E-state index in [1.54, 1.807) is 0 Å². The highest BCUT2D eigenvalue weighted by molar-refractivity contribution is 6.18. The number of benzene rings is 1. The van der Waals surface area contributed by atoms with Crippen LogP contribution in [-0.4, -0.2) is 18.6 Å². The average Bonchev–Trinajstić information content (AvgIpc) is 2.65. The Balaban J connectivity index is 2.44. The number of aryl methyl sites for hydroxylation is 2. The molecule has 2 unspecified atom stereocenters. The van der Waals surface area contributed by atoms with Gasteiger partial charge in [0.25, 0.3) is 0 Å². The zero-order valence-corrected chi connectivity index (χ0v) is 10.7. The summed E-state index contributed by atoms with van der Waals surface area (Å²) in [5.41, 5.74) is 3.39. The van der Waals surface area contributed by atoms with Gasteiger partial charge in [0, 0.05) is 5.56 Å². The average molecular weight is 241 g/mol. The number of ether oxygens (including phenoxy) is 2. The van der Waals surface area contributed by atoms with E-state index in [-0.39, 0.29) is 6.10 Å². The highest BCUT2D eigenvalue weighted by atomic mass is 35.5. The number of rotatable bonds is 2. The minimum Gasteiger partial charge on any atom is -0.342 e. The Morgan fingerprint density at radius 2 is 2.19 bits per heavy atom. The van der Waals surface area contributed by atoms with Crippen LogP contribution < -0.4 is 0 Å². The lowest BCUT2D eigenvalue weighted by Crippen LogP contribution is -2.31. The number of alkyl halides is 1. The molecule has 1 heterocycles. The molecule has 1 aromatic rings. The summed E-state index contributed by atoms with van der Waals surface area (Å²) < 4.78 is 11.6. The van der Waals surface area contributed by atoms with Crippen LogP contribution in [0, 0.1) is 13.8 Å². The molecule has 2 atom stereocenters. The van der Waals surface area contributed by atoms with Crippen LogP contribution in [0.4, 0.5) is 0 Å². The van der Waals surface area contributed by atoms with E-state index in [1.165, 1.54) is 5.56 Å². The molecule has 1 saturated heterocycles. The van der Waals surface area contributed by atoms with Crippen molar-refractivity contribution in [3.63, 3.8) is 0 Å². The fraction of sp³-hybridized carbons (Fsp3) is 0.538. The van der Waals surface area contributed by atoms with E-state index in [1.807, 2.05) is 6.92 Å². The Kier molecular flexibility index (Phi) is 3.24. The lowest BCUT2D eigenvalue weighted by atomic mass is 9.99. The second-order valence-corrected chi connectivity index (χ2v) is 4.71. The molecule has 88 valence electrons. The zero-order valence-electron chi connectivity index (χ0n) is 9.92. The highest BCUT2D eigenvalue weighted by Crippen LogP contribution is 2.37. The Morgan fingerprint density at radius 1 is 1.44 bits per heavy atom. The lowest BCUT2D eigenvalue weighted by Gasteiger charge is -2.27. The first-order chi connectivity index (χ1) is 7.57. The molecule has 0 spiro atoms. The van der Waals surface area contributed by atoms with E-state index in [4.69, 9.17) is 21.1 Å². The largest absolute Gasteiger partial charge is 0.342 e. The molecular formula is C13H17ClO2. The van der Waals surface area contributed by atoms with Gasteiger partial charge in [-0.15, -0.1) is 11.6 Å². The molecule has 0 N–H and O–H groups in total. The Bertz CT molecular complexity index is 392. The van der Waals surface area contributed by atoms with Gasteiger partial charge >= 0.3 is 0 Å². The van der Waals surface area contributed by atoms with E-state index in [2.05, 4.69) is 32.0 Å². The molecule has 1 aliphatic heterocycles. The Hall–Kier alpha value is -0.570. The van der Waals surface area contributed by atoms with Crippen molar-refractivity contribution in [1.82, 2.24) is 0 Å². The number of hydrogen-bond donors (Lipinski definition) is 0. The molecule has 0 saturated carbocycles. The molecule has 2 rings (SSSR count). The quantitative estimate of drug-likeness (QED) is 0.740. The maximum atomic E-state index is 6.04. The monoisotopic (exact) mass is 240 g/mol. The maximum absolute atomic E-state index is 6.04. The van der Waals surface area contributed by atoms with Gasteiger partial charge in [-0.2, -0.15) is 0 Å². The highest BCUT2D eigenvalue weighted by Gasteiger charge is 2.42. The second-order valence-electron chi connectivity index (χ2n) is 4.44. The van der Waals surface area contributed by atoms with Crippen LogP contribution in [0.15, 0.2) is 18.2 Å². The Labute approximate surface area is 102 Å². The first-order valence-electron chi connectivity index (χ1n) is 5.53. The molecule has 0 amide bonds. The molecule has 3 heteroatoms. The summed E-state index contributed by atoms with van der Waals surface area (Å²) in [6.07, 6.45) is 0.0960. The summed E-state index contributed by atoms with van der Waals surface area (Å²) in [6.45, 7) is 6.71. The van der Waals surface area contributed by atoms with Crippen LogP contribution in [0.1, 0.15) is 23.6 Å². The van der Waals surface area contributed by atoms with Gasteiger partial charge in [0.05, 0.1) is 18.6 Å². The van der Waals surface area contributed by atoms with Crippen LogP contribution in [0.5, 0.6) is 0 Å². The first kappa shape index (κ1) is 11.9. The molecule has 2 nitrogen and oxygen atoms in total. The van der Waals surface area contributed by atoms with Crippen molar-refractivity contribution in [3.05, 3.63) is 34.9 Å². The molecule has 1 fully saturated rings. The maximum Gasteiger partial charge on any atom is 0.209 e. The number of halogens is 1. The minimum atomic E-state index is -0.753. The van der Waals surface area contributed by atoms with Gasteiger partial charge in [-0.3, -0.25) is 0 Å². The smallest absolute Gasteiger partial charge is 0.209 e. The molecule has 0 bridgehead atoms. The van der Waals surface area contributed by atoms with E-state index in [0.717, 1.165) is 11.1 Å². The molecule has 0 aliphatic carbocycles. The van der Waals surface area contributed by atoms with Crippen LogP contribution in [-0.2, 0) is 15.3 Å². The Morgan fingerprint density at radius 3 is 2.75 bits per heavy atom. The standard InChI is InChI=1S/C13H17ClO2/c1-9-4-5-10(2)12(6-9)13(8-14)15-7-11(3)16-13/h4-6,11H,7-8H2,1-3H3. The first-order valence-corrected chi connectivity index (χ1v) is 6.06. The topological polar surface area (TPSA) is 18.5 Å². The van der Waals surface area contributed by atoms with Crippen molar-refractivity contribution in [1.29, 1.82) is 0 Å². The van der Waals surface area contributed by atoms with Crippen LogP contribution >= 0.6 is 11.6 Å². The molecule has 1 aromatic carbocycles. The van der Waals surface area contributed by atoms with E-state index in [0.29, 0.717) is 12.5 Å². The predicted octanol–water partition coefficient (Wildman–Crippen LogP) is 3.13. The molecule has 16 heavy (non-hydrogen) atoms. The van der Waals surface area contributed by atoms with E-state index < -0.39 is 5.79 Å². The number of hydrogen-bond acceptors (Lipinski definition) is 2. The van der Waals surface area contributed by atoms with Crippen molar-refractivity contribution in [2.75, 3.05) is 12.5 Å². The summed E-state index contributed by atoms with van der Waals surface area (Å²) >= 11 is 6.04. The minimum absolute atomic E-state index is 0.0960. The predicted molar refractivity (Wildman–Crippen MR) is 64.8 cm³/mol. The van der Waals surface area contributed by atoms with Crippen LogP contribution in [0.3, 0.4) is 0 Å². The van der Waals surface area contributed by atoms with E-state index >= 15 is 0 Å². The van der Waals surface area contributed by atoms with Gasteiger partial charge in [0.1, 0.15) is 0 Å². The normalized spacial score (nSPS) is 29.6. The molecule has 0 aromatic heterocycles. The molecular weight excluding hydrogens is 224 g/mol. The van der Waals surface area contributed by atoms with Crippen molar-refractivity contribution >= 4 is 11.6 Å². The van der Waals surface area contributed by atoms with Gasteiger partial charge < -0.3 is 9.47 Å². The third-order valence-electron chi connectivity index (χ3n) is 2.92. The van der Waals surface area contributed by atoms with Crippen LogP contribution in [0.2, 0.25) is 0 Å². The molecule has 1 aliphatic rings. The van der Waals surface area contributed by atoms with Crippen LogP contribution in [0.25, 0.3) is 0 Å². The van der Waals surface area contributed by atoms with Crippen molar-refractivity contribution in [2.45, 2.75) is 32.7 Å². The third kappa shape index (κ3) is 1.97. The van der Waals surface area contributed by atoms with Crippen molar-refractivity contribution in [3.8, 4) is 0 Å². The second kappa shape index (κ2) is 4.36. The third-order valence-corrected chi connectivity index (χ3v) is 3.27. The summed E-state index contributed by atoms with van der Waals surface area (Å²) in [6, 6.07) is 6.25. The lowest BCUT2D eigenvalue weighted by molar-refractivity contribution is -0.157. The van der Waals surface area contributed by atoms with E-state index in [9.17, 15) is 0 Å². The van der Waals surface area contributed by atoms with Gasteiger partial charge in [-0.25, -0.2) is 0 Å². The van der Waals surface area contributed by atoms with Crippen molar-refractivity contribution in [2.24, 2.45) is 0 Å². The van der Waals surface area contributed by atoms with Gasteiger partial charge in [-0.05, 0) is 26.3 Å². The van der Waals surface area contributed by atoms with Gasteiger partial charge in [-0.1, -0.05) is 23.8 Å². The summed E-state index contributed by atoms with van der Waals surface area (Å²) in [4.78, 5) is 0. The summed E-state index contributed by atoms with van der Waals surface area (Å²) in [5.74, 6) is -0.432. The fourth-order valence-electron chi connectivity index (χ4n) is 2.07. The van der Waals surface area contributed by atoms with Crippen molar-refractivity contribution < 1.29 is 9.47 Å².